The molecule has 6 heteroatoms. The molecule has 0 radical (unpaired) electrons. The second kappa shape index (κ2) is 10.5. The molecule has 1 aromatic carbocycles. The van der Waals surface area contributed by atoms with Crippen LogP contribution in [0.3, 0.4) is 0 Å². The summed E-state index contributed by atoms with van der Waals surface area (Å²) in [5.74, 6) is 1.45. The summed E-state index contributed by atoms with van der Waals surface area (Å²) in [6.07, 6.45) is 4.93. The smallest absolute Gasteiger partial charge is 0.217 e. The molecular formula is C22H34N4O2. The molecule has 3 N–H and O–H groups in total. The number of aliphatic imine (C=N–C) groups is 1. The van der Waals surface area contributed by atoms with Gasteiger partial charge in [-0.05, 0) is 44.1 Å². The van der Waals surface area contributed by atoms with Crippen molar-refractivity contribution in [3.63, 3.8) is 0 Å². The molecule has 1 aromatic rings. The molecule has 2 saturated heterocycles. The van der Waals surface area contributed by atoms with E-state index in [1.807, 2.05) is 6.07 Å². The SMILES string of the molecule is CCNC(=NCC1CCCOC1c1ccccc1)N1CCCC(CC(N)=O)C1. The summed E-state index contributed by atoms with van der Waals surface area (Å²) in [6.45, 7) is 6.32. The van der Waals surface area contributed by atoms with E-state index in [1.165, 1.54) is 5.56 Å². The fraction of sp³-hybridized carbons (Fsp3) is 0.636. The summed E-state index contributed by atoms with van der Waals surface area (Å²) in [5.41, 5.74) is 6.66. The minimum Gasteiger partial charge on any atom is -0.373 e. The summed E-state index contributed by atoms with van der Waals surface area (Å²) < 4.78 is 6.12. The first-order valence-corrected chi connectivity index (χ1v) is 10.7. The maximum Gasteiger partial charge on any atom is 0.217 e. The number of likely N-dealkylation sites (tertiary alicyclic amines) is 1. The van der Waals surface area contributed by atoms with Crippen LogP contribution >= 0.6 is 0 Å². The van der Waals surface area contributed by atoms with Gasteiger partial charge in [0.05, 0.1) is 6.10 Å². The van der Waals surface area contributed by atoms with Crippen LogP contribution in [0.5, 0.6) is 0 Å². The number of nitrogens with two attached hydrogens (primary N) is 1. The van der Waals surface area contributed by atoms with Crippen molar-refractivity contribution in [2.45, 2.75) is 45.1 Å². The lowest BCUT2D eigenvalue weighted by atomic mass is 9.89. The van der Waals surface area contributed by atoms with E-state index in [2.05, 4.69) is 41.4 Å². The van der Waals surface area contributed by atoms with Gasteiger partial charge in [0.1, 0.15) is 0 Å². The monoisotopic (exact) mass is 386 g/mol. The zero-order valence-electron chi connectivity index (χ0n) is 17.0. The third-order valence-corrected chi connectivity index (χ3v) is 5.69. The lowest BCUT2D eigenvalue weighted by Gasteiger charge is -2.35. The number of carbonyl (C=O) groups excluding carboxylic acids is 1. The maximum absolute atomic E-state index is 11.3. The van der Waals surface area contributed by atoms with Gasteiger partial charge >= 0.3 is 0 Å². The van der Waals surface area contributed by atoms with E-state index in [0.717, 1.165) is 64.4 Å². The van der Waals surface area contributed by atoms with Gasteiger partial charge in [-0.15, -0.1) is 0 Å². The molecule has 1 amide bonds. The predicted octanol–water partition coefficient (Wildman–Crippen LogP) is 2.71. The van der Waals surface area contributed by atoms with Crippen LogP contribution in [0, 0.1) is 11.8 Å². The summed E-state index contributed by atoms with van der Waals surface area (Å²) in [7, 11) is 0. The van der Waals surface area contributed by atoms with Crippen LogP contribution in [0.15, 0.2) is 35.3 Å². The van der Waals surface area contributed by atoms with Gasteiger partial charge in [0.25, 0.3) is 0 Å². The molecule has 154 valence electrons. The van der Waals surface area contributed by atoms with Crippen molar-refractivity contribution >= 4 is 11.9 Å². The van der Waals surface area contributed by atoms with Gasteiger partial charge in [-0.25, -0.2) is 0 Å². The number of nitrogens with one attached hydrogen (secondary N) is 1. The van der Waals surface area contributed by atoms with Gasteiger partial charge in [0.2, 0.25) is 5.91 Å². The molecule has 2 aliphatic rings. The molecule has 0 aliphatic carbocycles. The fourth-order valence-electron chi connectivity index (χ4n) is 4.38. The van der Waals surface area contributed by atoms with Crippen LogP contribution in [-0.2, 0) is 9.53 Å². The minimum atomic E-state index is -0.209. The second-order valence-corrected chi connectivity index (χ2v) is 7.92. The third kappa shape index (κ3) is 5.71. The molecule has 6 nitrogen and oxygen atoms in total. The van der Waals surface area contributed by atoms with Crippen LogP contribution in [0.4, 0.5) is 0 Å². The van der Waals surface area contributed by atoms with Crippen LogP contribution in [0.25, 0.3) is 0 Å². The summed E-state index contributed by atoms with van der Waals surface area (Å²) in [4.78, 5) is 18.6. The highest BCUT2D eigenvalue weighted by Crippen LogP contribution is 2.33. The van der Waals surface area contributed by atoms with Crippen molar-refractivity contribution in [2.75, 3.05) is 32.8 Å². The first kappa shape index (κ1) is 20.6. The Morgan fingerprint density at radius 2 is 2.11 bits per heavy atom. The van der Waals surface area contributed by atoms with Crippen molar-refractivity contribution in [1.82, 2.24) is 10.2 Å². The van der Waals surface area contributed by atoms with E-state index in [1.54, 1.807) is 0 Å². The maximum atomic E-state index is 11.3. The van der Waals surface area contributed by atoms with E-state index >= 15 is 0 Å². The Bertz CT molecular complexity index is 649. The highest BCUT2D eigenvalue weighted by Gasteiger charge is 2.28. The summed E-state index contributed by atoms with van der Waals surface area (Å²) >= 11 is 0. The number of nitrogens with zero attached hydrogens (tertiary/aromatic N) is 2. The summed E-state index contributed by atoms with van der Waals surface area (Å²) in [6, 6.07) is 10.5. The van der Waals surface area contributed by atoms with Gasteiger partial charge < -0.3 is 20.7 Å². The molecule has 28 heavy (non-hydrogen) atoms. The van der Waals surface area contributed by atoms with Gasteiger partial charge in [-0.2, -0.15) is 0 Å². The molecule has 3 unspecified atom stereocenters. The van der Waals surface area contributed by atoms with Crippen molar-refractivity contribution < 1.29 is 9.53 Å². The molecule has 2 aliphatic heterocycles. The molecule has 0 saturated carbocycles. The zero-order valence-corrected chi connectivity index (χ0v) is 17.0. The number of amides is 1. The number of piperidine rings is 1. The largest absolute Gasteiger partial charge is 0.373 e. The number of benzene rings is 1. The molecule has 2 heterocycles. The third-order valence-electron chi connectivity index (χ3n) is 5.69. The number of primary amides is 1. The zero-order chi connectivity index (χ0) is 19.8. The Morgan fingerprint density at radius 3 is 2.86 bits per heavy atom. The van der Waals surface area contributed by atoms with Gasteiger partial charge in [0.15, 0.2) is 5.96 Å². The predicted molar refractivity (Wildman–Crippen MR) is 112 cm³/mol. The van der Waals surface area contributed by atoms with Crippen LogP contribution < -0.4 is 11.1 Å². The Morgan fingerprint density at radius 1 is 1.29 bits per heavy atom. The molecule has 0 spiro atoms. The standard InChI is InChI=1S/C22H34N4O2/c1-2-24-22(26-12-6-8-17(16-26)14-20(23)27)25-15-19-11-7-13-28-21(19)18-9-4-3-5-10-18/h3-5,9-10,17,19,21H,2,6-8,11-16H2,1H3,(H2,23,27)(H,24,25). The first-order valence-electron chi connectivity index (χ1n) is 10.7. The van der Waals surface area contributed by atoms with Crippen LogP contribution in [-0.4, -0.2) is 49.6 Å². The van der Waals surface area contributed by atoms with Crippen LogP contribution in [0.1, 0.15) is 50.7 Å². The van der Waals surface area contributed by atoms with Crippen molar-refractivity contribution in [2.24, 2.45) is 22.6 Å². The van der Waals surface area contributed by atoms with Crippen molar-refractivity contribution in [3.05, 3.63) is 35.9 Å². The van der Waals surface area contributed by atoms with E-state index in [4.69, 9.17) is 15.5 Å². The average Bonchev–Trinajstić information content (AvgIpc) is 2.72. The summed E-state index contributed by atoms with van der Waals surface area (Å²) in [5, 5.41) is 3.44. The Kier molecular flexibility index (Phi) is 7.71. The molecule has 0 bridgehead atoms. The quantitative estimate of drug-likeness (QED) is 0.582. The number of rotatable bonds is 6. The van der Waals surface area contributed by atoms with E-state index < -0.39 is 0 Å². The normalized spacial score (nSPS) is 26.1. The highest BCUT2D eigenvalue weighted by atomic mass is 16.5. The number of guanidine groups is 1. The van der Waals surface area contributed by atoms with Gasteiger partial charge in [-0.1, -0.05) is 30.3 Å². The van der Waals surface area contributed by atoms with E-state index in [0.29, 0.717) is 18.3 Å². The molecule has 0 aromatic heterocycles. The Balaban J connectivity index is 1.68. The molecule has 3 rings (SSSR count). The Hall–Kier alpha value is -2.08. The molecule has 3 atom stereocenters. The first-order chi connectivity index (χ1) is 13.7. The number of hydrogen-bond donors (Lipinski definition) is 2. The van der Waals surface area contributed by atoms with Crippen molar-refractivity contribution in [1.29, 1.82) is 0 Å². The van der Waals surface area contributed by atoms with Gasteiger partial charge in [-0.3, -0.25) is 9.79 Å². The number of ether oxygens (including phenoxy) is 1. The molecular weight excluding hydrogens is 352 g/mol. The highest BCUT2D eigenvalue weighted by molar-refractivity contribution is 5.80. The fourth-order valence-corrected chi connectivity index (χ4v) is 4.38. The second-order valence-electron chi connectivity index (χ2n) is 7.92. The Labute approximate surface area is 168 Å². The average molecular weight is 387 g/mol. The van der Waals surface area contributed by atoms with E-state index in [-0.39, 0.29) is 12.0 Å². The van der Waals surface area contributed by atoms with Crippen LogP contribution in [0.2, 0.25) is 0 Å². The van der Waals surface area contributed by atoms with Crippen molar-refractivity contribution in [3.8, 4) is 0 Å². The topological polar surface area (TPSA) is 80.0 Å². The number of hydrogen-bond acceptors (Lipinski definition) is 3. The minimum absolute atomic E-state index is 0.116. The number of carbonyl (C=O) groups is 1. The van der Waals surface area contributed by atoms with Gasteiger partial charge in [0, 0.05) is 45.1 Å². The lowest BCUT2D eigenvalue weighted by molar-refractivity contribution is -0.119. The lowest BCUT2D eigenvalue weighted by Crippen LogP contribution is -2.47. The molecule has 2 fully saturated rings. The van der Waals surface area contributed by atoms with E-state index in [9.17, 15) is 4.79 Å².